The number of carbonyl (C=O) groups is 1. The number of rotatable bonds is 8. The number of hydrogen-bond donors (Lipinski definition) is 2. The molecule has 0 spiro atoms. The van der Waals surface area contributed by atoms with E-state index in [1.54, 1.807) is 44.4 Å². The van der Waals surface area contributed by atoms with Gasteiger partial charge in [-0.2, -0.15) is 0 Å². The minimum Gasteiger partial charge on any atom is -0.497 e. The lowest BCUT2D eigenvalue weighted by Crippen LogP contribution is -2.36. The molecule has 11 heteroatoms. The molecule has 1 amide bonds. The lowest BCUT2D eigenvalue weighted by Gasteiger charge is -2.07. The van der Waals surface area contributed by atoms with Crippen LogP contribution in [0.2, 0.25) is 0 Å². The topological polar surface area (TPSA) is 131 Å². The lowest BCUT2D eigenvalue weighted by molar-refractivity contribution is -0.704. The van der Waals surface area contributed by atoms with E-state index in [0.717, 1.165) is 11.8 Å². The average molecular weight is 431 g/mol. The molecule has 2 aromatic carbocycles. The van der Waals surface area contributed by atoms with Gasteiger partial charge in [-0.1, -0.05) is 6.07 Å². The smallest absolute Gasteiger partial charge is 0.442 e. The predicted molar refractivity (Wildman–Crippen MR) is 109 cm³/mol. The lowest BCUT2D eigenvalue weighted by atomic mass is 10.2. The van der Waals surface area contributed by atoms with Crippen LogP contribution in [0.5, 0.6) is 5.75 Å². The van der Waals surface area contributed by atoms with Gasteiger partial charge in [0, 0.05) is 36.4 Å². The van der Waals surface area contributed by atoms with E-state index < -0.39 is 10.5 Å². The molecule has 0 saturated heterocycles. The van der Waals surface area contributed by atoms with Crippen LogP contribution in [-0.4, -0.2) is 29.0 Å². The van der Waals surface area contributed by atoms with Crippen LogP contribution in [0.3, 0.4) is 0 Å². The number of methoxy groups -OCH3 is 1. The fourth-order valence-electron chi connectivity index (χ4n) is 2.60. The van der Waals surface area contributed by atoms with Gasteiger partial charge in [0.25, 0.3) is 5.69 Å². The van der Waals surface area contributed by atoms with Gasteiger partial charge in [-0.15, -0.1) is 0 Å². The summed E-state index contributed by atoms with van der Waals surface area (Å²) in [6, 6.07) is 11.3. The summed E-state index contributed by atoms with van der Waals surface area (Å²) in [5.41, 5.74) is 1.11. The van der Waals surface area contributed by atoms with E-state index in [1.807, 2.05) is 0 Å². The Hall–Kier alpha value is -3.60. The largest absolute Gasteiger partial charge is 0.497 e. The van der Waals surface area contributed by atoms with Crippen LogP contribution in [0, 0.1) is 17.0 Å². The molecule has 3 aromatic rings. The molecule has 0 fully saturated rings. The van der Waals surface area contributed by atoms with Gasteiger partial charge in [-0.25, -0.2) is 4.79 Å². The van der Waals surface area contributed by atoms with E-state index in [1.165, 1.54) is 16.8 Å². The number of aromatic amines is 1. The first-order valence-corrected chi connectivity index (χ1v) is 9.83. The second-order valence-electron chi connectivity index (χ2n) is 6.22. The van der Waals surface area contributed by atoms with Crippen molar-refractivity contribution in [3.05, 3.63) is 68.6 Å². The number of nitrogens with zero attached hydrogens (tertiary/aromatic N) is 2. The van der Waals surface area contributed by atoms with Crippen molar-refractivity contribution in [3.63, 3.8) is 0 Å². The van der Waals surface area contributed by atoms with Crippen LogP contribution in [-0.2, 0) is 4.79 Å². The molecule has 0 unspecified atom stereocenters. The average Bonchev–Trinajstić information content (AvgIpc) is 3.10. The molecule has 2 N–H and O–H groups in total. The first-order chi connectivity index (χ1) is 14.4. The van der Waals surface area contributed by atoms with Gasteiger partial charge in [-0.3, -0.25) is 19.4 Å². The van der Waals surface area contributed by atoms with Crippen molar-refractivity contribution in [2.45, 2.75) is 18.4 Å². The van der Waals surface area contributed by atoms with Crippen LogP contribution in [0.15, 0.2) is 56.8 Å². The number of ether oxygens (including phenoxy) is 1. The van der Waals surface area contributed by atoms with Crippen molar-refractivity contribution in [3.8, 4) is 11.4 Å². The van der Waals surface area contributed by atoms with Gasteiger partial charge in [-0.05, 0) is 46.3 Å². The molecular formula is C19H19N4O6S+. The SMILES string of the molecule is COc1ccc(-[n+]2[nH]oc(=O)c2SCCC(=O)Nc2cc([N+](=O)[O-])ccc2C)cc1. The molecule has 0 radical (unpaired) electrons. The number of non-ortho nitro benzene ring substituents is 1. The number of H-pyrrole nitrogens is 1. The molecule has 156 valence electrons. The van der Waals surface area contributed by atoms with Crippen LogP contribution in [0.1, 0.15) is 12.0 Å². The fraction of sp³-hybridized carbons (Fsp3) is 0.211. The molecule has 0 aliphatic carbocycles. The summed E-state index contributed by atoms with van der Waals surface area (Å²) >= 11 is 1.16. The summed E-state index contributed by atoms with van der Waals surface area (Å²) in [5, 5.41) is 16.4. The van der Waals surface area contributed by atoms with Gasteiger partial charge in [0.05, 0.1) is 17.7 Å². The molecule has 0 bridgehead atoms. The van der Waals surface area contributed by atoms with Crippen LogP contribution < -0.4 is 20.4 Å². The number of carbonyl (C=O) groups excluding carboxylic acids is 1. The Morgan fingerprint density at radius 3 is 2.70 bits per heavy atom. The maximum atomic E-state index is 12.3. The summed E-state index contributed by atoms with van der Waals surface area (Å²) in [7, 11) is 1.56. The number of hydrogen-bond acceptors (Lipinski definition) is 7. The number of nitro groups is 1. The van der Waals surface area contributed by atoms with Crippen molar-refractivity contribution < 1.29 is 23.7 Å². The second kappa shape index (κ2) is 9.27. The minimum atomic E-state index is -0.550. The molecule has 0 saturated carbocycles. The number of amides is 1. The summed E-state index contributed by atoms with van der Waals surface area (Å²) in [4.78, 5) is 34.7. The van der Waals surface area contributed by atoms with Crippen molar-refractivity contribution in [1.29, 1.82) is 0 Å². The van der Waals surface area contributed by atoms with Crippen LogP contribution >= 0.6 is 11.8 Å². The number of nitro benzene ring substituents is 1. The summed E-state index contributed by atoms with van der Waals surface area (Å²) in [5.74, 6) is 0.660. The van der Waals surface area contributed by atoms with E-state index in [0.29, 0.717) is 33.5 Å². The van der Waals surface area contributed by atoms with E-state index in [9.17, 15) is 19.7 Å². The number of thioether (sulfide) groups is 1. The van der Waals surface area contributed by atoms with Crippen molar-refractivity contribution >= 4 is 29.0 Å². The Balaban J connectivity index is 1.64. The standard InChI is InChI=1S/C19H18N4O6S/c1-12-3-4-14(23(26)27)11-16(12)20-17(24)9-10-30-18-19(25)29-21-22(18)13-5-7-15(28-2)8-6-13/h3-8,11H,9-10H2,1-2H3,(H-,20,21,24,25)/p+1. The van der Waals surface area contributed by atoms with Gasteiger partial charge in [0.15, 0.2) is 0 Å². The number of nitrogens with one attached hydrogen (secondary N) is 2. The first kappa shape index (κ1) is 21.1. The number of aryl methyl sites for hydroxylation is 1. The molecule has 3 rings (SSSR count). The van der Waals surface area contributed by atoms with Crippen LogP contribution in [0.4, 0.5) is 11.4 Å². The van der Waals surface area contributed by atoms with Crippen molar-refractivity contribution in [2.75, 3.05) is 18.2 Å². The monoisotopic (exact) mass is 431 g/mol. The maximum Gasteiger partial charge on any atom is 0.442 e. The Labute approximate surface area is 174 Å². The Bertz CT molecular complexity index is 1120. The normalized spacial score (nSPS) is 10.6. The Morgan fingerprint density at radius 1 is 1.30 bits per heavy atom. The number of benzene rings is 2. The quantitative estimate of drug-likeness (QED) is 0.242. The van der Waals surface area contributed by atoms with E-state index in [2.05, 4.69) is 10.6 Å². The first-order valence-electron chi connectivity index (χ1n) is 8.84. The Morgan fingerprint density at radius 2 is 2.03 bits per heavy atom. The second-order valence-corrected chi connectivity index (χ2v) is 7.31. The third-order valence-electron chi connectivity index (χ3n) is 4.21. The molecule has 1 aromatic heterocycles. The molecule has 0 aliphatic heterocycles. The zero-order chi connectivity index (χ0) is 21.7. The highest BCUT2D eigenvalue weighted by Gasteiger charge is 2.24. The molecule has 30 heavy (non-hydrogen) atoms. The number of anilines is 1. The van der Waals surface area contributed by atoms with Gasteiger partial charge in [0.1, 0.15) is 5.75 Å². The molecule has 1 heterocycles. The number of aromatic nitrogens is 2. The fourth-order valence-corrected chi connectivity index (χ4v) is 3.51. The van der Waals surface area contributed by atoms with E-state index in [4.69, 9.17) is 9.26 Å². The highest BCUT2D eigenvalue weighted by molar-refractivity contribution is 7.99. The van der Waals surface area contributed by atoms with Crippen molar-refractivity contribution in [2.24, 2.45) is 0 Å². The zero-order valence-corrected chi connectivity index (χ0v) is 17.0. The third-order valence-corrected chi connectivity index (χ3v) is 5.24. The maximum absolute atomic E-state index is 12.3. The summed E-state index contributed by atoms with van der Waals surface area (Å²) in [6.45, 7) is 1.75. The predicted octanol–water partition coefficient (Wildman–Crippen LogP) is 2.59. The van der Waals surface area contributed by atoms with Gasteiger partial charge < -0.3 is 10.1 Å². The molecule has 0 atom stereocenters. The highest BCUT2D eigenvalue weighted by Crippen LogP contribution is 2.22. The molecular weight excluding hydrogens is 412 g/mol. The van der Waals surface area contributed by atoms with E-state index in [-0.39, 0.29) is 18.0 Å². The summed E-state index contributed by atoms with van der Waals surface area (Å²) in [6.07, 6.45) is 0.0973. The van der Waals surface area contributed by atoms with Gasteiger partial charge in [0.2, 0.25) is 11.6 Å². The van der Waals surface area contributed by atoms with Gasteiger partial charge >= 0.3 is 10.7 Å². The highest BCUT2D eigenvalue weighted by atomic mass is 32.2. The zero-order valence-electron chi connectivity index (χ0n) is 16.2. The Kier molecular flexibility index (Phi) is 6.52. The molecule has 0 aliphatic rings. The third kappa shape index (κ3) is 4.87. The van der Waals surface area contributed by atoms with E-state index >= 15 is 0 Å². The minimum absolute atomic E-state index is 0.0973. The van der Waals surface area contributed by atoms with Crippen LogP contribution in [0.25, 0.3) is 5.69 Å². The van der Waals surface area contributed by atoms with Crippen molar-refractivity contribution in [1.82, 2.24) is 5.27 Å². The molecule has 10 nitrogen and oxygen atoms in total. The summed E-state index contributed by atoms with van der Waals surface area (Å²) < 4.78 is 11.5.